The minimum absolute atomic E-state index is 0.859. The van der Waals surface area contributed by atoms with Gasteiger partial charge in [-0.3, -0.25) is 0 Å². The molecule has 0 aliphatic heterocycles. The maximum absolute atomic E-state index is 6.74. The highest BCUT2D eigenvalue weighted by Crippen LogP contribution is 2.53. The first-order chi connectivity index (χ1) is 29.8. The molecule has 2 aromatic heterocycles. The minimum atomic E-state index is 0.859. The van der Waals surface area contributed by atoms with Crippen molar-refractivity contribution in [1.29, 1.82) is 0 Å². The van der Waals surface area contributed by atoms with Crippen LogP contribution in [0.2, 0.25) is 0 Å². The van der Waals surface area contributed by atoms with Gasteiger partial charge >= 0.3 is 0 Å². The second-order valence-electron chi connectivity index (χ2n) is 15.6. The standard InChI is InChI=1S/C56H34N2O2/c1-3-15-37(16-4-1)57(47-25-13-23-43-39-19-9-11-27-49(39)59-55(43)47)45-33-31-35-29-30-36-32-34-46(54-42-22-8-7-21-41(42)53(45)51(35)52(36)54)58(38-17-5-2-6-18-38)48-26-14-24-44-40-20-10-12-28-50(40)60-56(44)48/h1-34H. The van der Waals surface area contributed by atoms with Gasteiger partial charge in [0.2, 0.25) is 0 Å². The minimum Gasteiger partial charge on any atom is -0.454 e. The fourth-order valence-electron chi connectivity index (χ4n) is 9.84. The molecule has 0 atom stereocenters. The fraction of sp³-hybridized carbons (Fsp3) is 0. The SMILES string of the molecule is c1ccc(N(c2cccc3c2oc2ccccc23)c2ccc3ccc4ccc(N(c5ccccc5)c5cccc6c5oc5ccccc56)c5c6ccccc6c2c3c45)cc1. The highest BCUT2D eigenvalue weighted by molar-refractivity contribution is 6.39. The van der Waals surface area contributed by atoms with Crippen LogP contribution in [0, 0.1) is 0 Å². The maximum atomic E-state index is 6.74. The third kappa shape index (κ3) is 4.67. The van der Waals surface area contributed by atoms with E-state index in [-0.39, 0.29) is 0 Å². The average molecular weight is 767 g/mol. The lowest BCUT2D eigenvalue weighted by atomic mass is 9.87. The molecule has 0 N–H and O–H groups in total. The normalized spacial score (nSPS) is 12.0. The first kappa shape index (κ1) is 32.9. The summed E-state index contributed by atoms with van der Waals surface area (Å²) >= 11 is 0. The van der Waals surface area contributed by atoms with Crippen molar-refractivity contribution in [1.82, 2.24) is 0 Å². The molecular weight excluding hydrogens is 733 g/mol. The Kier molecular flexibility index (Phi) is 6.98. The molecule has 0 aliphatic rings. The van der Waals surface area contributed by atoms with Crippen LogP contribution in [0.4, 0.5) is 34.1 Å². The Bertz CT molecular complexity index is 3540. The van der Waals surface area contributed by atoms with Gasteiger partial charge in [-0.2, -0.15) is 0 Å². The van der Waals surface area contributed by atoms with Gasteiger partial charge in [-0.15, -0.1) is 0 Å². The van der Waals surface area contributed by atoms with Gasteiger partial charge in [0.25, 0.3) is 0 Å². The zero-order valence-electron chi connectivity index (χ0n) is 32.3. The molecule has 2 heterocycles. The molecule has 4 nitrogen and oxygen atoms in total. The summed E-state index contributed by atoms with van der Waals surface area (Å²) in [4.78, 5) is 4.78. The largest absolute Gasteiger partial charge is 0.454 e. The van der Waals surface area contributed by atoms with Crippen molar-refractivity contribution in [3.8, 4) is 0 Å². The predicted octanol–water partition coefficient (Wildman–Crippen LogP) is 16.5. The highest BCUT2D eigenvalue weighted by Gasteiger charge is 2.27. The van der Waals surface area contributed by atoms with Crippen LogP contribution in [0.25, 0.3) is 87.0 Å². The van der Waals surface area contributed by atoms with Crippen LogP contribution in [0.15, 0.2) is 215 Å². The molecule has 0 saturated heterocycles. The van der Waals surface area contributed by atoms with Crippen molar-refractivity contribution >= 4 is 121 Å². The van der Waals surface area contributed by atoms with Gasteiger partial charge in [0, 0.05) is 54.5 Å². The second kappa shape index (κ2) is 12.7. The van der Waals surface area contributed by atoms with Gasteiger partial charge in [-0.1, -0.05) is 146 Å². The van der Waals surface area contributed by atoms with E-state index in [2.05, 4.69) is 204 Å². The van der Waals surface area contributed by atoms with Crippen LogP contribution in [0.5, 0.6) is 0 Å². The summed E-state index contributed by atoms with van der Waals surface area (Å²) < 4.78 is 13.5. The maximum Gasteiger partial charge on any atom is 0.159 e. The Labute approximate surface area is 344 Å². The Morgan fingerprint density at radius 1 is 0.250 bits per heavy atom. The summed E-state index contributed by atoms with van der Waals surface area (Å²) in [5.41, 5.74) is 9.74. The summed E-state index contributed by atoms with van der Waals surface area (Å²) in [7, 11) is 0. The number of benzene rings is 11. The molecule has 0 radical (unpaired) electrons. The molecule has 0 aliphatic carbocycles. The van der Waals surface area contributed by atoms with Crippen molar-refractivity contribution in [2.45, 2.75) is 0 Å². The van der Waals surface area contributed by atoms with Crippen LogP contribution >= 0.6 is 0 Å². The number of rotatable bonds is 6. The molecule has 0 bridgehead atoms. The van der Waals surface area contributed by atoms with E-state index in [1.54, 1.807) is 0 Å². The molecule has 0 amide bonds. The molecule has 13 rings (SSSR count). The highest BCUT2D eigenvalue weighted by atomic mass is 16.3. The molecule has 280 valence electrons. The van der Waals surface area contributed by atoms with E-state index in [9.17, 15) is 0 Å². The van der Waals surface area contributed by atoms with Crippen molar-refractivity contribution in [3.63, 3.8) is 0 Å². The van der Waals surface area contributed by atoms with Crippen LogP contribution < -0.4 is 9.80 Å². The lowest BCUT2D eigenvalue weighted by Crippen LogP contribution is -2.12. The topological polar surface area (TPSA) is 32.8 Å². The number of para-hydroxylation sites is 6. The van der Waals surface area contributed by atoms with Crippen molar-refractivity contribution in [2.24, 2.45) is 0 Å². The van der Waals surface area contributed by atoms with Crippen molar-refractivity contribution < 1.29 is 8.83 Å². The fourth-order valence-corrected chi connectivity index (χ4v) is 9.84. The smallest absolute Gasteiger partial charge is 0.159 e. The van der Waals surface area contributed by atoms with Crippen LogP contribution in [0.1, 0.15) is 0 Å². The zero-order valence-corrected chi connectivity index (χ0v) is 32.3. The van der Waals surface area contributed by atoms with Gasteiger partial charge in [0.15, 0.2) is 11.2 Å². The Hall–Kier alpha value is -8.08. The number of nitrogens with zero attached hydrogens (tertiary/aromatic N) is 2. The number of fused-ring (bicyclic) bond motifs is 9. The molecule has 0 fully saturated rings. The quantitative estimate of drug-likeness (QED) is 0.125. The van der Waals surface area contributed by atoms with E-state index < -0.39 is 0 Å². The molecular formula is C56H34N2O2. The van der Waals surface area contributed by atoms with Gasteiger partial charge in [-0.05, 0) is 82.2 Å². The summed E-state index contributed by atoms with van der Waals surface area (Å²) in [6.07, 6.45) is 0. The lowest BCUT2D eigenvalue weighted by molar-refractivity contribution is 0.669. The number of hydrogen-bond acceptors (Lipinski definition) is 4. The number of anilines is 6. The van der Waals surface area contributed by atoms with E-state index >= 15 is 0 Å². The van der Waals surface area contributed by atoms with Crippen LogP contribution in [0.3, 0.4) is 0 Å². The Morgan fingerprint density at radius 2 is 0.617 bits per heavy atom. The van der Waals surface area contributed by atoms with Crippen LogP contribution in [-0.2, 0) is 0 Å². The number of hydrogen-bond donors (Lipinski definition) is 0. The van der Waals surface area contributed by atoms with Gasteiger partial charge in [0.1, 0.15) is 11.2 Å². The third-order valence-corrected chi connectivity index (χ3v) is 12.3. The van der Waals surface area contributed by atoms with Gasteiger partial charge in [0.05, 0.1) is 22.7 Å². The van der Waals surface area contributed by atoms with Crippen LogP contribution in [-0.4, -0.2) is 0 Å². The first-order valence-electron chi connectivity index (χ1n) is 20.4. The summed E-state index contributed by atoms with van der Waals surface area (Å²) in [5, 5.41) is 14.0. The summed E-state index contributed by atoms with van der Waals surface area (Å²) in [5.74, 6) is 0. The molecule has 0 spiro atoms. The number of furan rings is 2. The molecule has 0 saturated carbocycles. The molecule has 4 heteroatoms. The van der Waals surface area contributed by atoms with E-state index in [4.69, 9.17) is 8.83 Å². The predicted molar refractivity (Wildman–Crippen MR) is 252 cm³/mol. The zero-order chi connectivity index (χ0) is 39.3. The van der Waals surface area contributed by atoms with Gasteiger partial charge < -0.3 is 18.6 Å². The third-order valence-electron chi connectivity index (χ3n) is 12.3. The van der Waals surface area contributed by atoms with E-state index in [1.165, 1.54) is 43.1 Å². The van der Waals surface area contributed by atoms with E-state index in [0.29, 0.717) is 0 Å². The van der Waals surface area contributed by atoms with Crippen molar-refractivity contribution in [3.05, 3.63) is 206 Å². The summed E-state index contributed by atoms with van der Waals surface area (Å²) in [6, 6.07) is 73.7. The second-order valence-corrected chi connectivity index (χ2v) is 15.6. The monoisotopic (exact) mass is 766 g/mol. The van der Waals surface area contributed by atoms with Gasteiger partial charge in [-0.25, -0.2) is 0 Å². The lowest BCUT2D eigenvalue weighted by Gasteiger charge is -2.30. The van der Waals surface area contributed by atoms with E-state index in [1.807, 2.05) is 12.1 Å². The molecule has 60 heavy (non-hydrogen) atoms. The molecule has 0 unspecified atom stereocenters. The molecule has 13 aromatic rings. The Balaban J connectivity index is 1.16. The average Bonchev–Trinajstić information content (AvgIpc) is 3.89. The Morgan fingerprint density at radius 3 is 1.07 bits per heavy atom. The summed E-state index contributed by atoms with van der Waals surface area (Å²) in [6.45, 7) is 0. The first-order valence-corrected chi connectivity index (χ1v) is 20.4. The molecule has 11 aromatic carbocycles. The van der Waals surface area contributed by atoms with E-state index in [0.717, 1.165) is 78.0 Å². The van der Waals surface area contributed by atoms with Crippen molar-refractivity contribution in [2.75, 3.05) is 9.80 Å².